The number of aromatic nitrogens is 1. The summed E-state index contributed by atoms with van der Waals surface area (Å²) < 4.78 is 23.9. The lowest BCUT2D eigenvalue weighted by atomic mass is 10.2. The van der Waals surface area contributed by atoms with Gasteiger partial charge in [-0.1, -0.05) is 6.07 Å². The third-order valence-corrected chi connectivity index (χ3v) is 6.54. The van der Waals surface area contributed by atoms with Gasteiger partial charge in [-0.3, -0.25) is 4.98 Å². The van der Waals surface area contributed by atoms with E-state index in [2.05, 4.69) is 10.3 Å². The third-order valence-electron chi connectivity index (χ3n) is 3.99. The summed E-state index contributed by atoms with van der Waals surface area (Å²) in [7, 11) is -3.11. The molecule has 0 bridgehead atoms. The van der Waals surface area contributed by atoms with Gasteiger partial charge in [-0.2, -0.15) is 0 Å². The first kappa shape index (κ1) is 16.7. The summed E-state index contributed by atoms with van der Waals surface area (Å²) in [6.07, 6.45) is 2.46. The van der Waals surface area contributed by atoms with Crippen molar-refractivity contribution in [1.29, 1.82) is 0 Å². The van der Waals surface area contributed by atoms with E-state index >= 15 is 0 Å². The number of hydrogen-bond donors (Lipinski definition) is 1. The van der Waals surface area contributed by atoms with Crippen LogP contribution in [-0.2, 0) is 16.3 Å². The van der Waals surface area contributed by atoms with E-state index in [-0.39, 0.29) is 19.1 Å². The molecule has 1 saturated heterocycles. The summed E-state index contributed by atoms with van der Waals surface area (Å²) in [6.45, 7) is 6.28. The Labute approximate surface area is 131 Å². The van der Waals surface area contributed by atoms with Crippen molar-refractivity contribution in [3.63, 3.8) is 0 Å². The topological polar surface area (TPSA) is 79.4 Å². The second kappa shape index (κ2) is 6.64. The zero-order chi connectivity index (χ0) is 16.3. The average Bonchev–Trinajstić information content (AvgIpc) is 2.46. The predicted octanol–water partition coefficient (Wildman–Crippen LogP) is 1.15. The van der Waals surface area contributed by atoms with E-state index in [1.54, 1.807) is 24.9 Å². The molecule has 2 atom stereocenters. The molecule has 2 rings (SSSR count). The minimum Gasteiger partial charge on any atom is -0.338 e. The molecule has 0 aliphatic carbocycles. The van der Waals surface area contributed by atoms with Crippen molar-refractivity contribution in [2.24, 2.45) is 0 Å². The second-order valence-electron chi connectivity index (χ2n) is 5.92. The molecule has 7 heteroatoms. The summed E-state index contributed by atoms with van der Waals surface area (Å²) >= 11 is 0. The number of pyridine rings is 1. The molecule has 22 heavy (non-hydrogen) atoms. The van der Waals surface area contributed by atoms with Gasteiger partial charge < -0.3 is 10.2 Å². The van der Waals surface area contributed by atoms with Gasteiger partial charge in [-0.15, -0.1) is 0 Å². The van der Waals surface area contributed by atoms with Gasteiger partial charge in [0.2, 0.25) is 0 Å². The van der Waals surface area contributed by atoms with E-state index in [4.69, 9.17) is 0 Å². The lowest BCUT2D eigenvalue weighted by Gasteiger charge is -2.34. The summed E-state index contributed by atoms with van der Waals surface area (Å²) in [5.74, 6) is 0. The van der Waals surface area contributed by atoms with Gasteiger partial charge >= 0.3 is 6.03 Å². The van der Waals surface area contributed by atoms with Crippen molar-refractivity contribution in [3.05, 3.63) is 29.6 Å². The summed E-state index contributed by atoms with van der Waals surface area (Å²) in [6, 6.07) is 3.72. The van der Waals surface area contributed by atoms with Crippen LogP contribution < -0.4 is 5.32 Å². The normalized spacial score (nSPS) is 24.0. The number of carbonyl (C=O) groups is 1. The predicted molar refractivity (Wildman–Crippen MR) is 85.5 cm³/mol. The van der Waals surface area contributed by atoms with Crippen LogP contribution >= 0.6 is 0 Å². The van der Waals surface area contributed by atoms with Gasteiger partial charge in [-0.05, 0) is 32.4 Å². The number of hydrogen-bond acceptors (Lipinski definition) is 4. The lowest BCUT2D eigenvalue weighted by molar-refractivity contribution is 0.195. The monoisotopic (exact) mass is 325 g/mol. The molecule has 2 unspecified atom stereocenters. The number of carbonyl (C=O) groups excluding carboxylic acids is 1. The van der Waals surface area contributed by atoms with Crippen LogP contribution in [0.3, 0.4) is 0 Å². The Kier molecular flexibility index (Phi) is 5.05. The first-order valence-corrected chi connectivity index (χ1v) is 9.08. The molecule has 1 N–H and O–H groups in total. The second-order valence-corrected chi connectivity index (χ2v) is 8.71. The van der Waals surface area contributed by atoms with E-state index in [1.807, 2.05) is 19.1 Å². The molecule has 0 radical (unpaired) electrons. The highest BCUT2D eigenvalue weighted by Crippen LogP contribution is 2.18. The maximum atomic E-state index is 12.1. The van der Waals surface area contributed by atoms with Crippen molar-refractivity contribution in [3.8, 4) is 0 Å². The van der Waals surface area contributed by atoms with Crippen LogP contribution in [0.2, 0.25) is 0 Å². The molecule has 1 fully saturated rings. The van der Waals surface area contributed by atoms with Crippen LogP contribution in [0.5, 0.6) is 0 Å². The maximum Gasteiger partial charge on any atom is 0.317 e. The first-order chi connectivity index (χ1) is 10.3. The van der Waals surface area contributed by atoms with E-state index in [9.17, 15) is 13.2 Å². The van der Waals surface area contributed by atoms with Crippen LogP contribution in [-0.4, -0.2) is 54.5 Å². The highest BCUT2D eigenvalue weighted by molar-refractivity contribution is 7.92. The van der Waals surface area contributed by atoms with Gasteiger partial charge in [0.15, 0.2) is 9.84 Å². The van der Waals surface area contributed by atoms with Crippen LogP contribution in [0, 0.1) is 6.92 Å². The SMILES string of the molecule is Cc1ccc(CCNC(=O)N2CC(C)S(=O)(=O)C(C)C2)nc1. The van der Waals surface area contributed by atoms with Gasteiger partial charge in [-0.25, -0.2) is 13.2 Å². The molecule has 0 spiro atoms. The molecule has 122 valence electrons. The Hall–Kier alpha value is -1.63. The fourth-order valence-corrected chi connectivity index (χ4v) is 4.09. The lowest BCUT2D eigenvalue weighted by Crippen LogP contribution is -2.54. The molecule has 2 heterocycles. The van der Waals surface area contributed by atoms with Crippen molar-refractivity contribution < 1.29 is 13.2 Å². The molecule has 0 saturated carbocycles. The summed E-state index contributed by atoms with van der Waals surface area (Å²) in [5.41, 5.74) is 2.03. The van der Waals surface area contributed by atoms with Gasteiger partial charge in [0.25, 0.3) is 0 Å². The highest BCUT2D eigenvalue weighted by atomic mass is 32.2. The fourth-order valence-electron chi connectivity index (χ4n) is 2.52. The molecule has 1 aromatic heterocycles. The van der Waals surface area contributed by atoms with E-state index in [0.717, 1.165) is 11.3 Å². The van der Waals surface area contributed by atoms with E-state index < -0.39 is 20.3 Å². The molecule has 0 aromatic carbocycles. The fraction of sp³-hybridized carbons (Fsp3) is 0.600. The molecular formula is C15H23N3O3S. The molecule has 1 aromatic rings. The third kappa shape index (κ3) is 3.76. The largest absolute Gasteiger partial charge is 0.338 e. The van der Waals surface area contributed by atoms with Crippen molar-refractivity contribution in [2.45, 2.75) is 37.7 Å². The first-order valence-electron chi connectivity index (χ1n) is 7.47. The number of nitrogens with one attached hydrogen (secondary N) is 1. The van der Waals surface area contributed by atoms with Crippen molar-refractivity contribution in [2.75, 3.05) is 19.6 Å². The highest BCUT2D eigenvalue weighted by Gasteiger charge is 2.37. The Morgan fingerprint density at radius 1 is 1.32 bits per heavy atom. The number of sulfone groups is 1. The molecule has 2 amide bonds. The molecule has 6 nitrogen and oxygen atoms in total. The van der Waals surface area contributed by atoms with Crippen molar-refractivity contribution in [1.82, 2.24) is 15.2 Å². The number of rotatable bonds is 3. The Balaban J connectivity index is 1.84. The minimum absolute atomic E-state index is 0.208. The van der Waals surface area contributed by atoms with Crippen LogP contribution in [0.1, 0.15) is 25.1 Å². The Bertz CT molecular complexity index is 610. The zero-order valence-corrected chi connectivity index (χ0v) is 14.1. The maximum absolute atomic E-state index is 12.1. The summed E-state index contributed by atoms with van der Waals surface area (Å²) in [4.78, 5) is 18.0. The smallest absolute Gasteiger partial charge is 0.317 e. The van der Waals surface area contributed by atoms with Gasteiger partial charge in [0, 0.05) is 37.9 Å². The van der Waals surface area contributed by atoms with Crippen LogP contribution in [0.25, 0.3) is 0 Å². The quantitative estimate of drug-likeness (QED) is 0.904. The molecule has 1 aliphatic heterocycles. The minimum atomic E-state index is -3.11. The number of urea groups is 1. The summed E-state index contributed by atoms with van der Waals surface area (Å²) in [5, 5.41) is 1.81. The Morgan fingerprint density at radius 2 is 1.95 bits per heavy atom. The van der Waals surface area contributed by atoms with Gasteiger partial charge in [0.05, 0.1) is 10.5 Å². The van der Waals surface area contributed by atoms with E-state index in [1.165, 1.54) is 0 Å². The Morgan fingerprint density at radius 3 is 2.50 bits per heavy atom. The number of nitrogens with zero attached hydrogens (tertiary/aromatic N) is 2. The number of aryl methyl sites for hydroxylation is 1. The van der Waals surface area contributed by atoms with Gasteiger partial charge in [0.1, 0.15) is 0 Å². The molecular weight excluding hydrogens is 302 g/mol. The zero-order valence-electron chi connectivity index (χ0n) is 13.2. The number of amides is 2. The standard InChI is InChI=1S/C15H23N3O3S/c1-11-4-5-14(17-8-11)6-7-16-15(19)18-9-12(2)22(20,21)13(3)10-18/h4-5,8,12-13H,6-7,9-10H2,1-3H3,(H,16,19). The van der Waals surface area contributed by atoms with E-state index in [0.29, 0.717) is 13.0 Å². The average molecular weight is 325 g/mol. The van der Waals surface area contributed by atoms with Crippen molar-refractivity contribution >= 4 is 15.9 Å². The molecule has 1 aliphatic rings. The van der Waals surface area contributed by atoms with Crippen LogP contribution in [0.15, 0.2) is 18.3 Å². The van der Waals surface area contributed by atoms with Crippen LogP contribution in [0.4, 0.5) is 4.79 Å².